The fourth-order valence-electron chi connectivity index (χ4n) is 4.48. The van der Waals surface area contributed by atoms with Crippen LogP contribution in [0.2, 0.25) is 0 Å². The Morgan fingerprint density at radius 1 is 1.21 bits per heavy atom. The summed E-state index contributed by atoms with van der Waals surface area (Å²) in [5.74, 6) is 0.715. The summed E-state index contributed by atoms with van der Waals surface area (Å²) in [5, 5.41) is 11.4. The van der Waals surface area contributed by atoms with Crippen molar-refractivity contribution in [3.05, 3.63) is 0 Å². The molecule has 0 radical (unpaired) electrons. The van der Waals surface area contributed by atoms with Gasteiger partial charge in [-0.1, -0.05) is 26.7 Å². The summed E-state index contributed by atoms with van der Waals surface area (Å²) in [5.41, 5.74) is 5.61. The quantitative estimate of drug-likeness (QED) is 0.826. The number of aliphatic hydroxyl groups is 1. The van der Waals surface area contributed by atoms with Crippen molar-refractivity contribution in [2.45, 2.75) is 64.4 Å². The third-order valence-corrected chi connectivity index (χ3v) is 5.82. The van der Waals surface area contributed by atoms with Gasteiger partial charge in [0.05, 0.1) is 5.60 Å². The summed E-state index contributed by atoms with van der Waals surface area (Å²) in [7, 11) is 0. The molecule has 1 heterocycles. The van der Waals surface area contributed by atoms with E-state index in [-0.39, 0.29) is 5.41 Å². The van der Waals surface area contributed by atoms with Crippen LogP contribution in [0.15, 0.2) is 0 Å². The second kappa shape index (κ2) is 6.11. The maximum Gasteiger partial charge on any atom is 0.0728 e. The average Bonchev–Trinajstić information content (AvgIpc) is 2.61. The lowest BCUT2D eigenvalue weighted by Crippen LogP contribution is -2.55. The Kier molecular flexibility index (Phi) is 4.91. The minimum Gasteiger partial charge on any atom is -0.389 e. The number of rotatable bonds is 3. The smallest absolute Gasteiger partial charge is 0.0728 e. The number of hydrogen-bond acceptors (Lipinski definition) is 3. The van der Waals surface area contributed by atoms with E-state index in [9.17, 15) is 5.11 Å². The Hall–Kier alpha value is -0.120. The van der Waals surface area contributed by atoms with E-state index in [1.165, 1.54) is 12.8 Å². The van der Waals surface area contributed by atoms with Crippen LogP contribution in [0, 0.1) is 11.3 Å². The van der Waals surface area contributed by atoms with Gasteiger partial charge >= 0.3 is 0 Å². The van der Waals surface area contributed by atoms with Gasteiger partial charge < -0.3 is 15.7 Å². The van der Waals surface area contributed by atoms with Gasteiger partial charge in [0.2, 0.25) is 0 Å². The minimum atomic E-state index is -0.527. The highest BCUT2D eigenvalue weighted by Gasteiger charge is 2.50. The molecule has 2 aliphatic rings. The topological polar surface area (TPSA) is 49.5 Å². The summed E-state index contributed by atoms with van der Waals surface area (Å²) in [6, 6.07) is 0. The first-order chi connectivity index (χ1) is 9.05. The molecule has 3 heteroatoms. The largest absolute Gasteiger partial charge is 0.389 e. The van der Waals surface area contributed by atoms with Crippen LogP contribution in [-0.4, -0.2) is 41.8 Å². The summed E-state index contributed by atoms with van der Waals surface area (Å²) in [6.07, 6.45) is 7.73. The van der Waals surface area contributed by atoms with Crippen LogP contribution in [0.4, 0.5) is 0 Å². The molecule has 0 spiro atoms. The van der Waals surface area contributed by atoms with Crippen molar-refractivity contribution >= 4 is 0 Å². The molecule has 19 heavy (non-hydrogen) atoms. The van der Waals surface area contributed by atoms with Crippen LogP contribution in [0.3, 0.4) is 0 Å². The van der Waals surface area contributed by atoms with Gasteiger partial charge in [-0.15, -0.1) is 0 Å². The average molecular weight is 268 g/mol. The van der Waals surface area contributed by atoms with E-state index in [1.54, 1.807) is 0 Å². The van der Waals surface area contributed by atoms with Crippen molar-refractivity contribution in [3.63, 3.8) is 0 Å². The van der Waals surface area contributed by atoms with Gasteiger partial charge in [0, 0.05) is 18.5 Å². The number of hydrogen-bond donors (Lipinski definition) is 2. The van der Waals surface area contributed by atoms with Crippen LogP contribution in [0.25, 0.3) is 0 Å². The van der Waals surface area contributed by atoms with Gasteiger partial charge in [-0.25, -0.2) is 0 Å². The summed E-state index contributed by atoms with van der Waals surface area (Å²) in [4.78, 5) is 2.47. The van der Waals surface area contributed by atoms with Crippen molar-refractivity contribution in [2.24, 2.45) is 17.1 Å². The van der Waals surface area contributed by atoms with Gasteiger partial charge in [-0.05, 0) is 51.1 Å². The number of nitrogens with zero attached hydrogens (tertiary/aromatic N) is 1. The van der Waals surface area contributed by atoms with E-state index in [4.69, 9.17) is 5.73 Å². The standard InChI is InChI=1S/C16H32N2O/c1-3-18-10-5-8-16(19,9-11-18)15(13-17)7-4-6-14(2)12-15/h14,19H,3-13,17H2,1-2H3. The predicted octanol–water partition coefficient (Wildman–Crippen LogP) is 2.38. The molecule has 3 unspecified atom stereocenters. The molecule has 0 aromatic carbocycles. The maximum atomic E-state index is 11.4. The highest BCUT2D eigenvalue weighted by molar-refractivity contribution is 5.03. The predicted molar refractivity (Wildman–Crippen MR) is 80.0 cm³/mol. The van der Waals surface area contributed by atoms with Crippen molar-refractivity contribution < 1.29 is 5.11 Å². The highest BCUT2D eigenvalue weighted by atomic mass is 16.3. The molecule has 0 aromatic rings. The molecular weight excluding hydrogens is 236 g/mol. The Balaban J connectivity index is 2.15. The maximum absolute atomic E-state index is 11.4. The Labute approximate surface area is 118 Å². The first kappa shape index (κ1) is 15.3. The molecule has 0 bridgehead atoms. The third-order valence-electron chi connectivity index (χ3n) is 5.82. The van der Waals surface area contributed by atoms with Crippen LogP contribution in [-0.2, 0) is 0 Å². The van der Waals surface area contributed by atoms with E-state index in [0.717, 1.165) is 51.7 Å². The van der Waals surface area contributed by atoms with Crippen LogP contribution in [0.1, 0.15) is 58.8 Å². The molecule has 3 N–H and O–H groups in total. The molecule has 2 rings (SSSR count). The summed E-state index contributed by atoms with van der Waals surface area (Å²) >= 11 is 0. The number of nitrogens with two attached hydrogens (primary N) is 1. The SMILES string of the molecule is CCN1CCCC(O)(C2(CN)CCCC(C)C2)CC1. The highest BCUT2D eigenvalue weighted by Crippen LogP contribution is 2.50. The summed E-state index contributed by atoms with van der Waals surface area (Å²) in [6.45, 7) is 8.45. The molecule has 1 aliphatic heterocycles. The molecule has 2 fully saturated rings. The molecule has 1 aliphatic carbocycles. The first-order valence-electron chi connectivity index (χ1n) is 8.20. The van der Waals surface area contributed by atoms with E-state index in [0.29, 0.717) is 12.5 Å². The first-order valence-corrected chi connectivity index (χ1v) is 8.20. The zero-order valence-corrected chi connectivity index (χ0v) is 12.8. The lowest BCUT2D eigenvalue weighted by atomic mass is 9.58. The van der Waals surface area contributed by atoms with E-state index < -0.39 is 5.60 Å². The lowest BCUT2D eigenvalue weighted by Gasteiger charge is -2.51. The fourth-order valence-corrected chi connectivity index (χ4v) is 4.48. The normalized spacial score (nSPS) is 42.0. The van der Waals surface area contributed by atoms with Gasteiger partial charge in [0.15, 0.2) is 0 Å². The molecule has 0 amide bonds. The van der Waals surface area contributed by atoms with Gasteiger partial charge in [0.1, 0.15) is 0 Å². The molecule has 3 nitrogen and oxygen atoms in total. The molecule has 3 atom stereocenters. The molecule has 0 aromatic heterocycles. The Bertz CT molecular complexity index is 296. The monoisotopic (exact) mass is 268 g/mol. The molecule has 1 saturated heterocycles. The Morgan fingerprint density at radius 2 is 2.00 bits per heavy atom. The van der Waals surface area contributed by atoms with Crippen molar-refractivity contribution in [3.8, 4) is 0 Å². The second-order valence-corrected chi connectivity index (χ2v) is 7.01. The van der Waals surface area contributed by atoms with Gasteiger partial charge in [-0.2, -0.15) is 0 Å². The molecule has 112 valence electrons. The van der Waals surface area contributed by atoms with Crippen molar-refractivity contribution in [1.82, 2.24) is 4.90 Å². The van der Waals surface area contributed by atoms with Crippen molar-refractivity contribution in [1.29, 1.82) is 0 Å². The van der Waals surface area contributed by atoms with Crippen LogP contribution < -0.4 is 5.73 Å². The van der Waals surface area contributed by atoms with E-state index in [2.05, 4.69) is 18.7 Å². The van der Waals surface area contributed by atoms with E-state index in [1.807, 2.05) is 0 Å². The second-order valence-electron chi connectivity index (χ2n) is 7.01. The van der Waals surface area contributed by atoms with Crippen molar-refractivity contribution in [2.75, 3.05) is 26.2 Å². The molecular formula is C16H32N2O. The van der Waals surface area contributed by atoms with Gasteiger partial charge in [-0.3, -0.25) is 0 Å². The fraction of sp³-hybridized carbons (Fsp3) is 1.00. The summed E-state index contributed by atoms with van der Waals surface area (Å²) < 4.78 is 0. The number of likely N-dealkylation sites (tertiary alicyclic amines) is 1. The molecule has 1 saturated carbocycles. The minimum absolute atomic E-state index is 0.0194. The van der Waals surface area contributed by atoms with Crippen LogP contribution in [0.5, 0.6) is 0 Å². The zero-order valence-electron chi connectivity index (χ0n) is 12.8. The third kappa shape index (κ3) is 2.98. The Morgan fingerprint density at radius 3 is 2.63 bits per heavy atom. The van der Waals surface area contributed by atoms with Crippen LogP contribution >= 0.6 is 0 Å². The lowest BCUT2D eigenvalue weighted by molar-refractivity contribution is -0.116. The van der Waals surface area contributed by atoms with Gasteiger partial charge in [0.25, 0.3) is 0 Å². The zero-order chi connectivity index (χ0) is 13.9. The van der Waals surface area contributed by atoms with E-state index >= 15 is 0 Å².